The Morgan fingerprint density at radius 3 is 2.20 bits per heavy atom. The molecule has 0 aromatic carbocycles. The van der Waals surface area contributed by atoms with E-state index in [0.717, 1.165) is 5.71 Å². The van der Waals surface area contributed by atoms with E-state index >= 15 is 0 Å². The number of hydrogen-bond acceptors (Lipinski definition) is 2. The average Bonchev–Trinajstić information content (AvgIpc) is 1.58. The molecule has 0 amide bonds. The van der Waals surface area contributed by atoms with E-state index in [0.29, 0.717) is 5.11 Å². The Bertz CT molecular complexity index is 181. The molecule has 0 rings (SSSR count). The highest BCUT2D eigenvalue weighted by atomic mass is 32.1. The normalized spacial score (nSPS) is 8.20. The largest absolute Gasteiger partial charge is 0.376 e. The molecule has 56 valence electrons. The summed E-state index contributed by atoms with van der Waals surface area (Å²) >= 11 is 9.27. The summed E-state index contributed by atoms with van der Waals surface area (Å²) in [5.41, 5.74) is 6.00. The second-order valence-electron chi connectivity index (χ2n) is 1.85. The van der Waals surface area contributed by atoms with Crippen LogP contribution in [0.15, 0.2) is 4.99 Å². The summed E-state index contributed by atoms with van der Waals surface area (Å²) in [7, 11) is 0. The molecule has 0 atom stereocenters. The molecule has 3 nitrogen and oxygen atoms in total. The first kappa shape index (κ1) is 9.45. The number of rotatable bonds is 0. The van der Waals surface area contributed by atoms with Crippen molar-refractivity contribution in [2.24, 2.45) is 10.7 Å². The van der Waals surface area contributed by atoms with Crippen LogP contribution in [0, 0.1) is 0 Å². The minimum absolute atomic E-state index is 0.148. The summed E-state index contributed by atoms with van der Waals surface area (Å²) < 4.78 is 0. The maximum absolute atomic E-state index is 5.13. The van der Waals surface area contributed by atoms with Crippen LogP contribution in [0.25, 0.3) is 0 Å². The summed E-state index contributed by atoms with van der Waals surface area (Å²) in [6, 6.07) is 0. The Balaban J connectivity index is 3.88. The number of nitrogens with two attached hydrogens (primary N) is 1. The highest BCUT2D eigenvalue weighted by molar-refractivity contribution is 7.81. The van der Waals surface area contributed by atoms with E-state index in [4.69, 9.17) is 18.0 Å². The first-order chi connectivity index (χ1) is 4.52. The van der Waals surface area contributed by atoms with Crippen molar-refractivity contribution in [1.29, 1.82) is 0 Å². The second kappa shape index (κ2) is 4.29. The van der Waals surface area contributed by atoms with Crippen molar-refractivity contribution < 1.29 is 0 Å². The van der Waals surface area contributed by atoms with Crippen LogP contribution in [0.4, 0.5) is 0 Å². The summed E-state index contributed by atoms with van der Waals surface area (Å²) in [4.78, 5) is 3.89. The van der Waals surface area contributed by atoms with Crippen LogP contribution in [0.5, 0.6) is 0 Å². The zero-order chi connectivity index (χ0) is 8.15. The maximum Gasteiger partial charge on any atom is 0.198 e. The third-order valence-corrected chi connectivity index (χ3v) is 0.851. The topological polar surface area (TPSA) is 50.4 Å². The van der Waals surface area contributed by atoms with Crippen LogP contribution in [-0.2, 0) is 0 Å². The molecular formula is C5H9N3S2. The molecule has 0 aliphatic carbocycles. The molecular weight excluding hydrogens is 166 g/mol. The van der Waals surface area contributed by atoms with Crippen molar-refractivity contribution in [2.45, 2.75) is 13.8 Å². The molecule has 3 N–H and O–H groups in total. The monoisotopic (exact) mass is 175 g/mol. The third-order valence-electron chi connectivity index (χ3n) is 0.555. The van der Waals surface area contributed by atoms with Gasteiger partial charge in [-0.05, 0) is 38.3 Å². The van der Waals surface area contributed by atoms with Gasteiger partial charge in [-0.3, -0.25) is 0 Å². The molecule has 0 spiro atoms. The number of aliphatic imine (C=N–C) groups is 1. The maximum atomic E-state index is 5.13. The number of thiocarbonyl (C=S) groups is 2. The van der Waals surface area contributed by atoms with Gasteiger partial charge in [0.1, 0.15) is 0 Å². The van der Waals surface area contributed by atoms with Crippen molar-refractivity contribution in [3.63, 3.8) is 0 Å². The molecule has 0 radical (unpaired) electrons. The van der Waals surface area contributed by atoms with Crippen LogP contribution < -0.4 is 11.1 Å². The van der Waals surface area contributed by atoms with Crippen LogP contribution in [0.3, 0.4) is 0 Å². The number of nitrogens with zero attached hydrogens (tertiary/aromatic N) is 1. The summed E-state index contributed by atoms with van der Waals surface area (Å²) in [6.07, 6.45) is 0. The van der Waals surface area contributed by atoms with Gasteiger partial charge in [-0.1, -0.05) is 0 Å². The van der Waals surface area contributed by atoms with E-state index < -0.39 is 0 Å². The van der Waals surface area contributed by atoms with E-state index in [1.807, 2.05) is 13.8 Å². The van der Waals surface area contributed by atoms with Gasteiger partial charge in [-0.25, -0.2) is 4.99 Å². The van der Waals surface area contributed by atoms with E-state index in [1.54, 1.807) is 0 Å². The molecule has 0 aliphatic rings. The zero-order valence-corrected chi connectivity index (χ0v) is 7.47. The van der Waals surface area contributed by atoms with E-state index in [-0.39, 0.29) is 5.11 Å². The lowest BCUT2D eigenvalue weighted by molar-refractivity contribution is 1.35. The van der Waals surface area contributed by atoms with Gasteiger partial charge in [0.2, 0.25) is 0 Å². The van der Waals surface area contributed by atoms with Gasteiger partial charge in [-0.15, -0.1) is 0 Å². The van der Waals surface area contributed by atoms with Gasteiger partial charge in [0.05, 0.1) is 0 Å². The van der Waals surface area contributed by atoms with Gasteiger partial charge in [0, 0.05) is 5.71 Å². The van der Waals surface area contributed by atoms with E-state index in [2.05, 4.69) is 22.5 Å². The fourth-order valence-electron chi connectivity index (χ4n) is 0.336. The molecule has 5 heteroatoms. The first-order valence-electron chi connectivity index (χ1n) is 2.64. The van der Waals surface area contributed by atoms with Crippen LogP contribution in [-0.4, -0.2) is 15.9 Å². The second-order valence-corrected chi connectivity index (χ2v) is 2.68. The highest BCUT2D eigenvalue weighted by Gasteiger charge is 1.91. The Kier molecular flexibility index (Phi) is 4.06. The van der Waals surface area contributed by atoms with Crippen LogP contribution in [0.2, 0.25) is 0 Å². The van der Waals surface area contributed by atoms with E-state index in [1.165, 1.54) is 0 Å². The zero-order valence-electron chi connectivity index (χ0n) is 5.84. The van der Waals surface area contributed by atoms with E-state index in [9.17, 15) is 0 Å². The predicted octanol–water partition coefficient (Wildman–Crippen LogP) is 0.585. The molecule has 0 bridgehead atoms. The molecule has 0 aromatic rings. The molecule has 0 aromatic heterocycles. The van der Waals surface area contributed by atoms with Gasteiger partial charge in [0.25, 0.3) is 0 Å². The number of nitrogens with one attached hydrogen (secondary N) is 1. The molecule has 0 saturated carbocycles. The lowest BCUT2D eigenvalue weighted by atomic mass is 10.5. The molecule has 0 heterocycles. The predicted molar refractivity (Wildman–Crippen MR) is 51.3 cm³/mol. The Labute approximate surface area is 70.7 Å². The standard InChI is InChI=1S/C5H9N3S2/c1-3(2)7-5(10)8-4(6)9/h1-2H3,(H3,6,8,9,10). The minimum Gasteiger partial charge on any atom is -0.376 e. The minimum atomic E-state index is 0.148. The molecule has 0 saturated heterocycles. The van der Waals surface area contributed by atoms with Gasteiger partial charge in [-0.2, -0.15) is 0 Å². The lowest BCUT2D eigenvalue weighted by Crippen LogP contribution is -2.32. The van der Waals surface area contributed by atoms with Gasteiger partial charge < -0.3 is 11.1 Å². The lowest BCUT2D eigenvalue weighted by Gasteiger charge is -1.98. The van der Waals surface area contributed by atoms with Crippen molar-refractivity contribution in [3.05, 3.63) is 0 Å². The SMILES string of the molecule is CC(C)=NC(=S)NC(N)=S. The van der Waals surface area contributed by atoms with Crippen molar-refractivity contribution in [3.8, 4) is 0 Å². The molecule has 10 heavy (non-hydrogen) atoms. The molecule has 0 aliphatic heterocycles. The molecule has 0 fully saturated rings. The Morgan fingerprint density at radius 2 is 1.90 bits per heavy atom. The van der Waals surface area contributed by atoms with Crippen LogP contribution >= 0.6 is 24.4 Å². The van der Waals surface area contributed by atoms with Crippen molar-refractivity contribution >= 4 is 40.4 Å². The highest BCUT2D eigenvalue weighted by Crippen LogP contribution is 1.78. The molecule has 0 unspecified atom stereocenters. The van der Waals surface area contributed by atoms with Crippen LogP contribution in [0.1, 0.15) is 13.8 Å². The fraction of sp³-hybridized carbons (Fsp3) is 0.400. The summed E-state index contributed by atoms with van der Waals surface area (Å²) in [6.45, 7) is 3.68. The summed E-state index contributed by atoms with van der Waals surface area (Å²) in [5.74, 6) is 0. The smallest absolute Gasteiger partial charge is 0.198 e. The summed E-state index contributed by atoms with van der Waals surface area (Å²) in [5, 5.41) is 2.99. The average molecular weight is 175 g/mol. The fourth-order valence-corrected chi connectivity index (χ4v) is 0.790. The first-order valence-corrected chi connectivity index (χ1v) is 3.46. The Morgan fingerprint density at radius 1 is 1.40 bits per heavy atom. The van der Waals surface area contributed by atoms with Crippen molar-refractivity contribution in [2.75, 3.05) is 0 Å². The third kappa shape index (κ3) is 5.58. The van der Waals surface area contributed by atoms with Gasteiger partial charge >= 0.3 is 0 Å². The van der Waals surface area contributed by atoms with Crippen molar-refractivity contribution in [1.82, 2.24) is 5.32 Å². The van der Waals surface area contributed by atoms with Gasteiger partial charge in [0.15, 0.2) is 10.2 Å². The quantitative estimate of drug-likeness (QED) is 0.418. The Hall–Kier alpha value is -0.550. The number of hydrogen-bond donors (Lipinski definition) is 2.